The van der Waals surface area contributed by atoms with Crippen LogP contribution in [0.3, 0.4) is 0 Å². The number of nitrogens with zero attached hydrogens (tertiary/aromatic N) is 3. The third-order valence-electron chi connectivity index (χ3n) is 8.66. The minimum atomic E-state index is -0.593. The van der Waals surface area contributed by atoms with Crippen molar-refractivity contribution >= 4 is 28.6 Å². The summed E-state index contributed by atoms with van der Waals surface area (Å²) in [7, 11) is 4.02. The van der Waals surface area contributed by atoms with Gasteiger partial charge in [0.2, 0.25) is 11.9 Å². The molecule has 218 valence electrons. The number of para-hydroxylation sites is 1. The first kappa shape index (κ1) is 28.4. The second-order valence-electron chi connectivity index (χ2n) is 11.7. The standard InChI is InChI=1S/C37H39N5O/c1-42(2)35-32-20-12-13-21-33(32)40-36(41-35)39-31-24-22-30(23-25-31)38-34(43)26-37(27-14-6-3-7-15-27,28-16-8-4-9-17-28)29-18-10-5-11-19-29/h3-21,30-31H,22-26H2,1-2H3,(H,38,43)(H,39,40,41)/t30-,31+. The van der Waals surface area contributed by atoms with E-state index in [4.69, 9.17) is 9.97 Å². The molecule has 4 aromatic carbocycles. The van der Waals surface area contributed by atoms with E-state index in [0.29, 0.717) is 12.4 Å². The van der Waals surface area contributed by atoms with Crippen LogP contribution in [-0.2, 0) is 10.2 Å². The number of carbonyl (C=O) groups is 1. The van der Waals surface area contributed by atoms with Crippen molar-refractivity contribution in [2.75, 3.05) is 24.3 Å². The van der Waals surface area contributed by atoms with Crippen LogP contribution in [0, 0.1) is 0 Å². The molecule has 0 radical (unpaired) electrons. The third-order valence-corrected chi connectivity index (χ3v) is 8.66. The molecule has 2 N–H and O–H groups in total. The SMILES string of the molecule is CN(C)c1nc(N[C@H]2CC[C@@H](NC(=O)CC(c3ccccc3)(c3ccccc3)c3ccccc3)CC2)nc2ccccc12. The summed E-state index contributed by atoms with van der Waals surface area (Å²) in [4.78, 5) is 25.5. The van der Waals surface area contributed by atoms with Gasteiger partial charge in [0.05, 0.1) is 10.9 Å². The van der Waals surface area contributed by atoms with Crippen LogP contribution in [0.1, 0.15) is 48.8 Å². The molecule has 1 saturated carbocycles. The zero-order chi connectivity index (χ0) is 29.6. The van der Waals surface area contributed by atoms with Gasteiger partial charge in [0.1, 0.15) is 5.82 Å². The quantitative estimate of drug-likeness (QED) is 0.188. The number of anilines is 2. The summed E-state index contributed by atoms with van der Waals surface area (Å²) >= 11 is 0. The van der Waals surface area contributed by atoms with Crippen LogP contribution in [0.5, 0.6) is 0 Å². The number of benzene rings is 4. The molecule has 0 atom stereocenters. The lowest BCUT2D eigenvalue weighted by molar-refractivity contribution is -0.122. The number of amides is 1. The molecule has 43 heavy (non-hydrogen) atoms. The van der Waals surface area contributed by atoms with Gasteiger partial charge in [-0.1, -0.05) is 103 Å². The average molecular weight is 570 g/mol. The van der Waals surface area contributed by atoms with Crippen LogP contribution >= 0.6 is 0 Å². The predicted molar refractivity (Wildman–Crippen MR) is 175 cm³/mol. The van der Waals surface area contributed by atoms with Crippen molar-refractivity contribution in [3.05, 3.63) is 132 Å². The topological polar surface area (TPSA) is 70.2 Å². The van der Waals surface area contributed by atoms with Gasteiger partial charge in [-0.05, 0) is 54.5 Å². The first-order valence-electron chi connectivity index (χ1n) is 15.2. The van der Waals surface area contributed by atoms with E-state index in [0.717, 1.165) is 59.1 Å². The molecule has 0 spiro atoms. The van der Waals surface area contributed by atoms with Crippen molar-refractivity contribution in [2.45, 2.75) is 49.6 Å². The van der Waals surface area contributed by atoms with Crippen LogP contribution < -0.4 is 15.5 Å². The van der Waals surface area contributed by atoms with E-state index in [1.807, 2.05) is 55.4 Å². The Labute approximate surface area is 254 Å². The monoisotopic (exact) mass is 569 g/mol. The van der Waals surface area contributed by atoms with Crippen LogP contribution in [0.25, 0.3) is 10.9 Å². The van der Waals surface area contributed by atoms with Crippen molar-refractivity contribution in [2.24, 2.45) is 0 Å². The Hall–Kier alpha value is -4.71. The van der Waals surface area contributed by atoms with Crippen molar-refractivity contribution in [3.63, 3.8) is 0 Å². The summed E-state index contributed by atoms with van der Waals surface area (Å²) in [6.07, 6.45) is 4.04. The summed E-state index contributed by atoms with van der Waals surface area (Å²) in [6.45, 7) is 0. The highest BCUT2D eigenvalue weighted by molar-refractivity contribution is 5.90. The van der Waals surface area contributed by atoms with Crippen LogP contribution in [-0.4, -0.2) is 42.1 Å². The summed E-state index contributed by atoms with van der Waals surface area (Å²) in [5.74, 6) is 1.64. The summed E-state index contributed by atoms with van der Waals surface area (Å²) in [5.41, 5.74) is 3.68. The van der Waals surface area contributed by atoms with Crippen LogP contribution in [0.15, 0.2) is 115 Å². The van der Waals surface area contributed by atoms with Crippen molar-refractivity contribution in [1.82, 2.24) is 15.3 Å². The normalized spacial score (nSPS) is 16.9. The zero-order valence-electron chi connectivity index (χ0n) is 24.9. The number of rotatable bonds is 9. The van der Waals surface area contributed by atoms with E-state index >= 15 is 0 Å². The van der Waals surface area contributed by atoms with E-state index in [9.17, 15) is 4.79 Å². The maximum atomic E-state index is 13.9. The zero-order valence-corrected chi connectivity index (χ0v) is 24.9. The number of carbonyl (C=O) groups excluding carboxylic acids is 1. The van der Waals surface area contributed by atoms with Crippen LogP contribution in [0.2, 0.25) is 0 Å². The summed E-state index contributed by atoms with van der Waals surface area (Å²) in [6, 6.07) is 39.8. The van der Waals surface area contributed by atoms with Crippen molar-refractivity contribution < 1.29 is 4.79 Å². The Morgan fingerprint density at radius 2 is 1.19 bits per heavy atom. The minimum absolute atomic E-state index is 0.0708. The number of nitrogens with one attached hydrogen (secondary N) is 2. The molecule has 5 aromatic rings. The Balaban J connectivity index is 1.17. The van der Waals surface area contributed by atoms with E-state index in [1.165, 1.54) is 0 Å². The Bertz CT molecular complexity index is 1550. The molecule has 0 aliphatic heterocycles. The molecule has 6 heteroatoms. The Morgan fingerprint density at radius 1 is 0.698 bits per heavy atom. The second-order valence-corrected chi connectivity index (χ2v) is 11.7. The highest BCUT2D eigenvalue weighted by Gasteiger charge is 2.39. The lowest BCUT2D eigenvalue weighted by Gasteiger charge is -2.36. The van der Waals surface area contributed by atoms with E-state index in [-0.39, 0.29) is 18.0 Å². The summed E-state index contributed by atoms with van der Waals surface area (Å²) in [5, 5.41) is 8.04. The first-order chi connectivity index (χ1) is 21.0. The molecule has 0 unspecified atom stereocenters. The van der Waals surface area contributed by atoms with Gasteiger partial charge in [0, 0.05) is 38.0 Å². The first-order valence-corrected chi connectivity index (χ1v) is 15.2. The fraction of sp³-hybridized carbons (Fsp3) is 0.270. The molecule has 1 heterocycles. The maximum absolute atomic E-state index is 13.9. The van der Waals surface area contributed by atoms with Gasteiger partial charge in [-0.15, -0.1) is 0 Å². The highest BCUT2D eigenvalue weighted by atomic mass is 16.1. The Morgan fingerprint density at radius 3 is 1.72 bits per heavy atom. The number of hydrogen-bond acceptors (Lipinski definition) is 5. The molecule has 0 bridgehead atoms. The van der Waals surface area contributed by atoms with Gasteiger partial charge in [-0.3, -0.25) is 4.79 Å². The minimum Gasteiger partial charge on any atom is -0.362 e. The molecule has 1 aromatic heterocycles. The van der Waals surface area contributed by atoms with E-state index in [1.54, 1.807) is 0 Å². The number of aromatic nitrogens is 2. The Kier molecular flexibility index (Phi) is 8.36. The highest BCUT2D eigenvalue weighted by Crippen LogP contribution is 2.42. The average Bonchev–Trinajstić information content (AvgIpc) is 3.05. The van der Waals surface area contributed by atoms with Crippen LogP contribution in [0.4, 0.5) is 11.8 Å². The van der Waals surface area contributed by atoms with Gasteiger partial charge in [0.25, 0.3) is 0 Å². The van der Waals surface area contributed by atoms with E-state index in [2.05, 4.69) is 89.5 Å². The number of fused-ring (bicyclic) bond motifs is 1. The van der Waals surface area contributed by atoms with Crippen molar-refractivity contribution in [3.8, 4) is 0 Å². The molecule has 1 fully saturated rings. The maximum Gasteiger partial charge on any atom is 0.225 e. The molecule has 1 aliphatic carbocycles. The van der Waals surface area contributed by atoms with Gasteiger partial charge < -0.3 is 15.5 Å². The molecule has 1 amide bonds. The molecule has 1 aliphatic rings. The lowest BCUT2D eigenvalue weighted by Crippen LogP contribution is -2.43. The van der Waals surface area contributed by atoms with Gasteiger partial charge >= 0.3 is 0 Å². The smallest absolute Gasteiger partial charge is 0.225 e. The van der Waals surface area contributed by atoms with E-state index < -0.39 is 5.41 Å². The third kappa shape index (κ3) is 6.09. The van der Waals surface area contributed by atoms with Gasteiger partial charge in [-0.2, -0.15) is 4.98 Å². The van der Waals surface area contributed by atoms with Gasteiger partial charge in [-0.25, -0.2) is 4.98 Å². The number of hydrogen-bond donors (Lipinski definition) is 2. The molecule has 0 saturated heterocycles. The van der Waals surface area contributed by atoms with Crippen molar-refractivity contribution in [1.29, 1.82) is 0 Å². The summed E-state index contributed by atoms with van der Waals surface area (Å²) < 4.78 is 0. The molecular formula is C37H39N5O. The molecular weight excluding hydrogens is 530 g/mol. The fourth-order valence-electron chi connectivity index (χ4n) is 6.52. The second kappa shape index (κ2) is 12.7. The molecule has 6 nitrogen and oxygen atoms in total. The predicted octanol–water partition coefficient (Wildman–Crippen LogP) is 6.96. The van der Waals surface area contributed by atoms with Gasteiger partial charge in [0.15, 0.2) is 0 Å². The molecule has 6 rings (SSSR count). The lowest BCUT2D eigenvalue weighted by atomic mass is 9.67. The largest absolute Gasteiger partial charge is 0.362 e. The fourth-order valence-corrected chi connectivity index (χ4v) is 6.52.